The number of benzene rings is 18. The second-order valence-corrected chi connectivity index (χ2v) is 37.0. The zero-order valence-corrected chi connectivity index (χ0v) is 77.3. The number of fused-ring (bicyclic) bond motifs is 6. The zero-order chi connectivity index (χ0) is 88.8. The fourth-order valence-electron chi connectivity index (χ4n) is 19.0. The third-order valence-corrected chi connectivity index (χ3v) is 27.1. The third kappa shape index (κ3) is 16.9. The van der Waals surface area contributed by atoms with Gasteiger partial charge < -0.3 is 23.2 Å². The molecule has 129 heavy (non-hydrogen) atoms. The molecule has 0 atom stereocenters. The van der Waals surface area contributed by atoms with Gasteiger partial charge in [0.15, 0.2) is 0 Å². The maximum Gasteiger partial charge on any atom is 0.494 e. The second kappa shape index (κ2) is 36.0. The molecule has 20 aromatic rings. The second-order valence-electron chi connectivity index (χ2n) is 36.1. The molecule has 632 valence electrons. The van der Waals surface area contributed by atoms with Crippen LogP contribution in [0.15, 0.2) is 381 Å². The summed E-state index contributed by atoms with van der Waals surface area (Å²) in [4.78, 5) is 0. The molecule has 2 saturated heterocycles. The van der Waals surface area contributed by atoms with E-state index < -0.39 is 0 Å². The van der Waals surface area contributed by atoms with Gasteiger partial charge in [0.05, 0.1) is 22.6 Å². The van der Waals surface area contributed by atoms with Crippen molar-refractivity contribution < 1.29 is 14.0 Å². The summed E-state index contributed by atoms with van der Waals surface area (Å²) >= 11 is 3.73. The van der Waals surface area contributed by atoms with Crippen LogP contribution < -0.4 is 5.46 Å². The molecule has 5 nitrogen and oxygen atoms in total. The SMILES string of the molecule is C1CCOC1.Cc1ccc(-c2c(-c3ccc(C)cc3)n(C)c3cc(B4OC(C)(C)C(C)(C)O4)ccc23)cc1.Cc1ccc(-c2ccc3c(-c4ccccc4)c4cc(-c5ccc6c(-c7ccc(C)cc7)c(-c7ccc(C)cc7)n(C)c6c5)ccc4c(-c4ccccc4)c3c2)cc1.Cc1ccc(-c2ccc3c(-c4ccccc4)c4cc(Br)ccc4c(-c4ccccc4)c3c2)cc1. The van der Waals surface area contributed by atoms with Crippen LogP contribution in [0.25, 0.3) is 188 Å². The molecule has 2 aliphatic heterocycles. The van der Waals surface area contributed by atoms with Gasteiger partial charge in [0.25, 0.3) is 0 Å². The maximum absolute atomic E-state index is 6.34. The van der Waals surface area contributed by atoms with Gasteiger partial charge in [0, 0.05) is 64.7 Å². The first-order valence-corrected chi connectivity index (χ1v) is 46.0. The number of halogens is 1. The smallest absolute Gasteiger partial charge is 0.399 e. The lowest BCUT2D eigenvalue weighted by Crippen LogP contribution is -2.41. The van der Waals surface area contributed by atoms with Gasteiger partial charge in [-0.05, 0) is 273 Å². The molecule has 2 aliphatic rings. The molecule has 0 saturated carbocycles. The number of nitrogens with zero attached hydrogens (tertiary/aromatic N) is 2. The summed E-state index contributed by atoms with van der Waals surface area (Å²) in [6.45, 7) is 23.2. The van der Waals surface area contributed by atoms with Crippen molar-refractivity contribution in [3.8, 4) is 123 Å². The summed E-state index contributed by atoms with van der Waals surface area (Å²) in [5.74, 6) is 0. The van der Waals surface area contributed by atoms with Gasteiger partial charge >= 0.3 is 7.12 Å². The van der Waals surface area contributed by atoms with E-state index in [9.17, 15) is 0 Å². The van der Waals surface area contributed by atoms with Crippen LogP contribution in [0.3, 0.4) is 0 Å². The van der Waals surface area contributed by atoms with Gasteiger partial charge in [-0.1, -0.05) is 383 Å². The van der Waals surface area contributed by atoms with E-state index in [0.29, 0.717) is 0 Å². The van der Waals surface area contributed by atoms with Crippen LogP contribution in [0.1, 0.15) is 73.9 Å². The van der Waals surface area contributed by atoms with Crippen molar-refractivity contribution in [3.63, 3.8) is 0 Å². The van der Waals surface area contributed by atoms with E-state index in [4.69, 9.17) is 14.0 Å². The Hall–Kier alpha value is -13.5. The maximum atomic E-state index is 6.34. The van der Waals surface area contributed by atoms with Gasteiger partial charge in [-0.25, -0.2) is 0 Å². The van der Waals surface area contributed by atoms with Crippen molar-refractivity contribution in [1.82, 2.24) is 9.13 Å². The number of hydrogen-bond acceptors (Lipinski definition) is 3. The Morgan fingerprint density at radius 1 is 0.240 bits per heavy atom. The molecule has 0 aliphatic carbocycles. The normalized spacial score (nSPS) is 13.4. The Morgan fingerprint density at radius 3 is 0.822 bits per heavy atom. The predicted molar refractivity (Wildman–Crippen MR) is 554 cm³/mol. The summed E-state index contributed by atoms with van der Waals surface area (Å²) in [5, 5.41) is 12.6. The summed E-state index contributed by atoms with van der Waals surface area (Å²) in [6, 6.07) is 138. The highest BCUT2D eigenvalue weighted by Crippen LogP contribution is 2.51. The zero-order valence-electron chi connectivity index (χ0n) is 75.7. The molecular weight excluding hydrogens is 1630 g/mol. The van der Waals surface area contributed by atoms with Crippen molar-refractivity contribution >= 4 is 93.4 Å². The standard InChI is InChI=1S/C56H43N.C33H23Br.C29H32BNO2.C4H8O/c1-36-15-21-39(22-16-36)44-27-30-47-50(33-44)53(40-11-7-5-8-12-40)48-31-28-45(34-51(48)54(47)41-13-9-6-10-14-41)46-29-32-49-52(35-46)57(4)56(43-25-19-38(3)20-26-43)55(49)42-23-17-37(2)18-24-42;1-22-12-14-23(15-13-22)26-16-18-28-30(20-26)32(24-8-4-2-5-9-24)29-19-17-27(34)21-31(29)33(28)25-10-6-3-7-11-25;1-19-8-12-21(13-9-19)26-24-17-16-23(30-32-28(3,4)29(5,6)33-30)18-25(24)31(7)27(26)22-14-10-20(2)11-15-22;1-2-4-5-3-1/h5-35H,1-4H3;2-21H,1H3;8-18H,1-7H3;1-4H2. The van der Waals surface area contributed by atoms with Crippen LogP contribution in [0.5, 0.6) is 0 Å². The Bertz CT molecular complexity index is 7500. The van der Waals surface area contributed by atoms with Crippen molar-refractivity contribution in [2.45, 2.75) is 93.3 Å². The highest BCUT2D eigenvalue weighted by molar-refractivity contribution is 9.10. The summed E-state index contributed by atoms with van der Waals surface area (Å²) in [7, 11) is 4.00. The average molecular weight is 1740 g/mol. The van der Waals surface area contributed by atoms with Crippen molar-refractivity contribution in [2.75, 3.05) is 13.2 Å². The first kappa shape index (κ1) is 85.0. The van der Waals surface area contributed by atoms with Gasteiger partial charge in [-0.2, -0.15) is 0 Å². The highest BCUT2D eigenvalue weighted by Gasteiger charge is 2.52. The molecule has 0 N–H and O–H groups in total. The summed E-state index contributed by atoms with van der Waals surface area (Å²) < 4.78 is 23.4. The fraction of sp³-hybridized carbons (Fsp3) is 0.148. The Balaban J connectivity index is 0.000000129. The van der Waals surface area contributed by atoms with Crippen molar-refractivity contribution in [3.05, 3.63) is 414 Å². The lowest BCUT2D eigenvalue weighted by molar-refractivity contribution is 0.00578. The van der Waals surface area contributed by atoms with Crippen LogP contribution in [-0.4, -0.2) is 40.7 Å². The molecule has 0 amide bonds. The monoisotopic (exact) mass is 1740 g/mol. The van der Waals surface area contributed by atoms with E-state index in [1.165, 1.54) is 234 Å². The number of aromatic nitrogens is 2. The minimum absolute atomic E-state index is 0.360. The van der Waals surface area contributed by atoms with E-state index in [-0.39, 0.29) is 18.3 Å². The molecule has 22 rings (SSSR count). The van der Waals surface area contributed by atoms with Gasteiger partial charge in [-0.15, -0.1) is 0 Å². The van der Waals surface area contributed by atoms with E-state index in [1.807, 2.05) is 0 Å². The first-order chi connectivity index (χ1) is 62.7. The molecule has 7 heteroatoms. The van der Waals surface area contributed by atoms with Gasteiger partial charge in [0.1, 0.15) is 0 Å². The molecule has 2 fully saturated rings. The van der Waals surface area contributed by atoms with Gasteiger partial charge in [-0.3, -0.25) is 0 Å². The van der Waals surface area contributed by atoms with Crippen LogP contribution in [-0.2, 0) is 28.1 Å². The largest absolute Gasteiger partial charge is 0.494 e. The Morgan fingerprint density at radius 2 is 0.496 bits per heavy atom. The number of hydrogen-bond donors (Lipinski definition) is 0. The first-order valence-electron chi connectivity index (χ1n) is 45.2. The van der Waals surface area contributed by atoms with Crippen LogP contribution in [0.2, 0.25) is 0 Å². The highest BCUT2D eigenvalue weighted by atomic mass is 79.9. The van der Waals surface area contributed by atoms with Crippen LogP contribution in [0, 0.1) is 41.5 Å². The van der Waals surface area contributed by atoms with E-state index in [2.05, 4.69) is 485 Å². The summed E-state index contributed by atoms with van der Waals surface area (Å²) in [5.41, 5.74) is 37.5. The molecule has 0 spiro atoms. The number of rotatable bonds is 12. The minimum Gasteiger partial charge on any atom is -0.399 e. The van der Waals surface area contributed by atoms with E-state index in [1.54, 1.807) is 0 Å². The molecule has 18 aromatic carbocycles. The summed E-state index contributed by atoms with van der Waals surface area (Å²) in [6.07, 6.45) is 2.56. The fourth-order valence-corrected chi connectivity index (χ4v) is 19.3. The van der Waals surface area contributed by atoms with Crippen LogP contribution in [0.4, 0.5) is 0 Å². The number of ether oxygens (including phenoxy) is 1. The predicted octanol–water partition coefficient (Wildman–Crippen LogP) is 32.7. The molecule has 4 heterocycles. The molecular formula is C122H106BBrN2O3. The van der Waals surface area contributed by atoms with Crippen molar-refractivity contribution in [1.29, 1.82) is 0 Å². The quantitative estimate of drug-likeness (QED) is 0.0904. The lowest BCUT2D eigenvalue weighted by Gasteiger charge is -2.32. The topological polar surface area (TPSA) is 37.6 Å². The third-order valence-electron chi connectivity index (χ3n) is 26.7. The van der Waals surface area contributed by atoms with E-state index in [0.717, 1.165) is 23.1 Å². The molecule has 0 radical (unpaired) electrons. The molecule has 0 unspecified atom stereocenters. The van der Waals surface area contributed by atoms with Crippen LogP contribution >= 0.6 is 15.9 Å². The average Bonchev–Trinajstić information content (AvgIpc) is 1.25. The lowest BCUT2D eigenvalue weighted by atomic mass is 9.78. The minimum atomic E-state index is -0.375. The Kier molecular flexibility index (Phi) is 23.7. The van der Waals surface area contributed by atoms with Gasteiger partial charge in [0.2, 0.25) is 0 Å². The molecule has 2 aromatic heterocycles. The Labute approximate surface area is 768 Å². The number of aryl methyl sites for hydroxylation is 8. The molecule has 0 bridgehead atoms. The van der Waals surface area contributed by atoms with Crippen molar-refractivity contribution in [2.24, 2.45) is 14.1 Å². The van der Waals surface area contributed by atoms with E-state index >= 15 is 0 Å².